The third-order valence-electron chi connectivity index (χ3n) is 3.16. The van der Waals surface area contributed by atoms with Gasteiger partial charge in [-0.1, -0.05) is 47.3 Å². The van der Waals surface area contributed by atoms with Crippen LogP contribution in [-0.2, 0) is 0 Å². The summed E-state index contributed by atoms with van der Waals surface area (Å²) < 4.78 is 0. The molecule has 0 aromatic carbocycles. The molecule has 0 radical (unpaired) electrons. The van der Waals surface area contributed by atoms with Gasteiger partial charge in [0.1, 0.15) is 0 Å². The average molecular weight is 230 g/mol. The Morgan fingerprint density at radius 3 is 1.50 bits per heavy atom. The first kappa shape index (κ1) is 11.2. The molecule has 2 rings (SSSR count). The predicted molar refractivity (Wildman–Crippen MR) is 68.8 cm³/mol. The van der Waals surface area contributed by atoms with Gasteiger partial charge in [0.2, 0.25) is 0 Å². The zero-order chi connectivity index (χ0) is 9.64. The van der Waals surface area contributed by atoms with Crippen LogP contribution >= 0.6 is 21.6 Å². The van der Waals surface area contributed by atoms with Crippen molar-refractivity contribution in [3.8, 4) is 0 Å². The van der Waals surface area contributed by atoms with E-state index in [-0.39, 0.29) is 0 Å². The molecule has 2 aliphatic carbocycles. The standard InChI is InChI=1S/C12H22S2/c1(3-11-5-6-11)9-13-14-10-2-4-12-7-8-12/h11-12H,1-10H2. The lowest BCUT2D eigenvalue weighted by Gasteiger charge is -2.00. The van der Waals surface area contributed by atoms with E-state index in [0.29, 0.717) is 0 Å². The van der Waals surface area contributed by atoms with Gasteiger partial charge in [-0.15, -0.1) is 0 Å². The highest BCUT2D eigenvalue weighted by Gasteiger charge is 2.20. The van der Waals surface area contributed by atoms with Crippen molar-refractivity contribution in [2.24, 2.45) is 11.8 Å². The predicted octanol–water partition coefficient (Wildman–Crippen LogP) is 4.75. The summed E-state index contributed by atoms with van der Waals surface area (Å²) in [5, 5.41) is 0. The van der Waals surface area contributed by atoms with E-state index in [2.05, 4.69) is 21.6 Å². The van der Waals surface area contributed by atoms with Crippen molar-refractivity contribution in [1.29, 1.82) is 0 Å². The van der Waals surface area contributed by atoms with Crippen LogP contribution in [0.1, 0.15) is 51.4 Å². The van der Waals surface area contributed by atoms with E-state index in [1.165, 1.54) is 62.9 Å². The Bertz CT molecular complexity index is 132. The summed E-state index contributed by atoms with van der Waals surface area (Å²) in [6, 6.07) is 0. The van der Waals surface area contributed by atoms with Gasteiger partial charge in [-0.25, -0.2) is 0 Å². The first-order valence-corrected chi connectivity index (χ1v) is 8.68. The largest absolute Gasteiger partial charge is 0.0942 e. The zero-order valence-corrected chi connectivity index (χ0v) is 10.7. The molecule has 2 heteroatoms. The highest BCUT2D eigenvalue weighted by molar-refractivity contribution is 8.76. The van der Waals surface area contributed by atoms with Gasteiger partial charge in [-0.3, -0.25) is 0 Å². The van der Waals surface area contributed by atoms with Gasteiger partial charge in [-0.05, 0) is 37.5 Å². The van der Waals surface area contributed by atoms with Gasteiger partial charge in [0.15, 0.2) is 0 Å². The van der Waals surface area contributed by atoms with E-state index in [0.717, 1.165) is 11.8 Å². The molecular weight excluding hydrogens is 208 g/mol. The Kier molecular flexibility index (Phi) is 5.05. The fourth-order valence-corrected chi connectivity index (χ4v) is 4.01. The SMILES string of the molecule is C(CSSCCCC1CC1)CC1CC1. The lowest BCUT2D eigenvalue weighted by Crippen LogP contribution is -1.82. The molecule has 0 bridgehead atoms. The van der Waals surface area contributed by atoms with Gasteiger partial charge in [0, 0.05) is 11.5 Å². The Balaban J connectivity index is 1.25. The second-order valence-corrected chi connectivity index (χ2v) is 7.52. The second kappa shape index (κ2) is 6.32. The molecule has 2 fully saturated rings. The summed E-state index contributed by atoms with van der Waals surface area (Å²) in [6.45, 7) is 0. The third-order valence-corrected chi connectivity index (χ3v) is 5.73. The third kappa shape index (κ3) is 5.55. The fourth-order valence-electron chi connectivity index (χ4n) is 1.79. The average Bonchev–Trinajstić information content (AvgIpc) is 3.00. The molecule has 82 valence electrons. The van der Waals surface area contributed by atoms with Crippen LogP contribution in [0.2, 0.25) is 0 Å². The molecule has 0 aliphatic heterocycles. The van der Waals surface area contributed by atoms with E-state index in [1.807, 2.05) is 0 Å². The van der Waals surface area contributed by atoms with Crippen molar-refractivity contribution >= 4 is 21.6 Å². The number of rotatable bonds is 9. The van der Waals surface area contributed by atoms with Crippen LogP contribution in [0.15, 0.2) is 0 Å². The minimum absolute atomic E-state index is 1.13. The monoisotopic (exact) mass is 230 g/mol. The Labute approximate surface area is 96.4 Å². The lowest BCUT2D eigenvalue weighted by atomic mass is 10.2. The Hall–Kier alpha value is 0.700. The minimum atomic E-state index is 1.13. The van der Waals surface area contributed by atoms with Crippen LogP contribution in [-0.4, -0.2) is 11.5 Å². The summed E-state index contributed by atoms with van der Waals surface area (Å²) in [5.41, 5.74) is 0. The molecule has 0 spiro atoms. The summed E-state index contributed by atoms with van der Waals surface area (Å²) in [4.78, 5) is 0. The maximum Gasteiger partial charge on any atom is 0.00370 e. The molecule has 0 saturated heterocycles. The summed E-state index contributed by atoms with van der Waals surface area (Å²) in [6.07, 6.45) is 12.1. The van der Waals surface area contributed by atoms with E-state index < -0.39 is 0 Å². The van der Waals surface area contributed by atoms with Crippen molar-refractivity contribution in [1.82, 2.24) is 0 Å². The smallest absolute Gasteiger partial charge is 0.00370 e. The highest BCUT2D eigenvalue weighted by atomic mass is 33.1. The van der Waals surface area contributed by atoms with Gasteiger partial charge in [0.05, 0.1) is 0 Å². The maximum atomic E-state index is 2.11. The Morgan fingerprint density at radius 1 is 0.714 bits per heavy atom. The van der Waals surface area contributed by atoms with Crippen molar-refractivity contribution in [2.45, 2.75) is 51.4 Å². The summed E-state index contributed by atoms with van der Waals surface area (Å²) in [5.74, 6) is 5.06. The van der Waals surface area contributed by atoms with E-state index >= 15 is 0 Å². The summed E-state index contributed by atoms with van der Waals surface area (Å²) in [7, 11) is 4.22. The van der Waals surface area contributed by atoms with Crippen LogP contribution in [0.5, 0.6) is 0 Å². The number of hydrogen-bond donors (Lipinski definition) is 0. The van der Waals surface area contributed by atoms with Crippen molar-refractivity contribution < 1.29 is 0 Å². The molecule has 2 aliphatic rings. The van der Waals surface area contributed by atoms with Crippen molar-refractivity contribution in [3.05, 3.63) is 0 Å². The van der Waals surface area contributed by atoms with Gasteiger partial charge >= 0.3 is 0 Å². The first-order chi connectivity index (χ1) is 6.95. The minimum Gasteiger partial charge on any atom is -0.0942 e. The molecule has 2 saturated carbocycles. The fraction of sp³-hybridized carbons (Fsp3) is 1.00. The van der Waals surface area contributed by atoms with Crippen LogP contribution < -0.4 is 0 Å². The van der Waals surface area contributed by atoms with Crippen molar-refractivity contribution in [3.63, 3.8) is 0 Å². The molecule has 0 aromatic rings. The summed E-state index contributed by atoms with van der Waals surface area (Å²) >= 11 is 0. The van der Waals surface area contributed by atoms with Crippen LogP contribution in [0, 0.1) is 11.8 Å². The van der Waals surface area contributed by atoms with Crippen LogP contribution in [0.25, 0.3) is 0 Å². The lowest BCUT2D eigenvalue weighted by molar-refractivity contribution is 0.713. The topological polar surface area (TPSA) is 0 Å². The molecule has 0 nitrogen and oxygen atoms in total. The Morgan fingerprint density at radius 2 is 1.14 bits per heavy atom. The molecule has 0 atom stereocenters. The molecule has 0 heterocycles. The molecule has 0 unspecified atom stereocenters. The highest BCUT2D eigenvalue weighted by Crippen LogP contribution is 2.36. The molecule has 14 heavy (non-hydrogen) atoms. The van der Waals surface area contributed by atoms with E-state index in [4.69, 9.17) is 0 Å². The van der Waals surface area contributed by atoms with Crippen molar-refractivity contribution in [2.75, 3.05) is 11.5 Å². The second-order valence-electron chi connectivity index (χ2n) is 4.82. The molecule has 0 aromatic heterocycles. The molecule has 0 N–H and O–H groups in total. The molecular formula is C12H22S2. The zero-order valence-electron chi connectivity index (χ0n) is 9.04. The van der Waals surface area contributed by atoms with Crippen LogP contribution in [0.4, 0.5) is 0 Å². The first-order valence-electron chi connectivity index (χ1n) is 6.19. The maximum absolute atomic E-state index is 2.11. The normalized spacial score (nSPS) is 21.4. The van der Waals surface area contributed by atoms with Crippen LogP contribution in [0.3, 0.4) is 0 Å². The van der Waals surface area contributed by atoms with Gasteiger partial charge in [0.25, 0.3) is 0 Å². The van der Waals surface area contributed by atoms with Gasteiger partial charge in [-0.2, -0.15) is 0 Å². The number of hydrogen-bond acceptors (Lipinski definition) is 2. The quantitative estimate of drug-likeness (QED) is 0.414. The van der Waals surface area contributed by atoms with Gasteiger partial charge < -0.3 is 0 Å². The molecule has 0 amide bonds. The van der Waals surface area contributed by atoms with E-state index in [9.17, 15) is 0 Å². The van der Waals surface area contributed by atoms with E-state index in [1.54, 1.807) is 0 Å².